The summed E-state index contributed by atoms with van der Waals surface area (Å²) in [7, 11) is 4.62. The van der Waals surface area contributed by atoms with Gasteiger partial charge in [-0.25, -0.2) is 4.39 Å². The van der Waals surface area contributed by atoms with Crippen molar-refractivity contribution < 1.29 is 23.4 Å². The maximum atomic E-state index is 14.0. The van der Waals surface area contributed by atoms with Crippen LogP contribution in [0.25, 0.3) is 6.08 Å². The second kappa shape index (κ2) is 8.78. The van der Waals surface area contributed by atoms with E-state index >= 15 is 0 Å². The molecule has 28 heavy (non-hydrogen) atoms. The molecule has 0 saturated heterocycles. The summed E-state index contributed by atoms with van der Waals surface area (Å²) in [5.74, 6) is 1.07. The largest absolute Gasteiger partial charge is 0.493 e. The normalized spacial score (nSPS) is 13.4. The molecule has 0 N–H and O–H groups in total. The van der Waals surface area contributed by atoms with Gasteiger partial charge in [-0.05, 0) is 42.7 Å². The molecule has 0 heterocycles. The molecule has 2 aromatic carbocycles. The molecular weight excluding hydrogens is 361 g/mol. The molecule has 1 aliphatic carbocycles. The van der Waals surface area contributed by atoms with E-state index in [1.54, 1.807) is 55.5 Å². The van der Waals surface area contributed by atoms with E-state index in [9.17, 15) is 9.18 Å². The summed E-state index contributed by atoms with van der Waals surface area (Å²) in [5, 5.41) is 0. The molecule has 1 amide bonds. The van der Waals surface area contributed by atoms with Gasteiger partial charge in [0.2, 0.25) is 11.7 Å². The molecule has 5 nitrogen and oxygen atoms in total. The Morgan fingerprint density at radius 3 is 2.29 bits per heavy atom. The predicted molar refractivity (Wildman–Crippen MR) is 105 cm³/mol. The average Bonchev–Trinajstić information content (AvgIpc) is 3.55. The molecule has 3 rings (SSSR count). The Hall–Kier alpha value is -3.02. The van der Waals surface area contributed by atoms with Crippen LogP contribution in [0.5, 0.6) is 17.2 Å². The van der Waals surface area contributed by atoms with Crippen LogP contribution in [0, 0.1) is 5.82 Å². The van der Waals surface area contributed by atoms with E-state index in [1.165, 1.54) is 19.3 Å². The summed E-state index contributed by atoms with van der Waals surface area (Å²) in [4.78, 5) is 14.5. The topological polar surface area (TPSA) is 48.0 Å². The first-order chi connectivity index (χ1) is 13.6. The number of hydrogen-bond acceptors (Lipinski definition) is 4. The van der Waals surface area contributed by atoms with Gasteiger partial charge in [0.25, 0.3) is 0 Å². The van der Waals surface area contributed by atoms with Crippen LogP contribution in [-0.2, 0) is 11.3 Å². The van der Waals surface area contributed by atoms with Crippen LogP contribution in [-0.4, -0.2) is 38.2 Å². The molecule has 0 aromatic heterocycles. The molecule has 6 heteroatoms. The third-order valence-electron chi connectivity index (χ3n) is 4.67. The Kier molecular flexibility index (Phi) is 6.19. The summed E-state index contributed by atoms with van der Waals surface area (Å²) in [6, 6.07) is 10.2. The van der Waals surface area contributed by atoms with Crippen molar-refractivity contribution in [1.29, 1.82) is 0 Å². The van der Waals surface area contributed by atoms with Crippen molar-refractivity contribution in [2.45, 2.75) is 25.4 Å². The van der Waals surface area contributed by atoms with Gasteiger partial charge >= 0.3 is 0 Å². The first-order valence-corrected chi connectivity index (χ1v) is 9.09. The molecule has 0 atom stereocenters. The highest BCUT2D eigenvalue weighted by atomic mass is 19.1. The molecule has 0 radical (unpaired) electrons. The van der Waals surface area contributed by atoms with Crippen molar-refractivity contribution in [2.24, 2.45) is 0 Å². The Labute approximate surface area is 164 Å². The summed E-state index contributed by atoms with van der Waals surface area (Å²) >= 11 is 0. The minimum atomic E-state index is -0.297. The fourth-order valence-electron chi connectivity index (χ4n) is 3.04. The lowest BCUT2D eigenvalue weighted by Crippen LogP contribution is -2.31. The fourth-order valence-corrected chi connectivity index (χ4v) is 3.04. The number of benzene rings is 2. The highest BCUT2D eigenvalue weighted by Gasteiger charge is 2.32. The fraction of sp³-hybridized carbons (Fsp3) is 0.318. The average molecular weight is 385 g/mol. The van der Waals surface area contributed by atoms with Crippen molar-refractivity contribution in [1.82, 2.24) is 4.90 Å². The van der Waals surface area contributed by atoms with E-state index < -0.39 is 0 Å². The third-order valence-corrected chi connectivity index (χ3v) is 4.67. The van der Waals surface area contributed by atoms with E-state index in [1.807, 2.05) is 0 Å². The number of rotatable bonds is 8. The maximum Gasteiger partial charge on any atom is 0.247 e. The van der Waals surface area contributed by atoms with E-state index in [-0.39, 0.29) is 24.3 Å². The zero-order valence-corrected chi connectivity index (χ0v) is 16.3. The predicted octanol–water partition coefficient (Wildman–Crippen LogP) is 4.06. The minimum absolute atomic E-state index is 0.153. The van der Waals surface area contributed by atoms with E-state index in [4.69, 9.17) is 14.2 Å². The number of hydrogen-bond donors (Lipinski definition) is 0. The number of methoxy groups -OCH3 is 3. The van der Waals surface area contributed by atoms with Crippen molar-refractivity contribution in [3.8, 4) is 17.2 Å². The Morgan fingerprint density at radius 1 is 1.11 bits per heavy atom. The molecule has 1 aliphatic rings. The van der Waals surface area contributed by atoms with Crippen molar-refractivity contribution in [3.05, 3.63) is 59.4 Å². The summed E-state index contributed by atoms with van der Waals surface area (Å²) in [5.41, 5.74) is 1.26. The second-order valence-electron chi connectivity index (χ2n) is 6.58. The summed E-state index contributed by atoms with van der Waals surface area (Å²) in [6.07, 6.45) is 5.08. The quantitative estimate of drug-likeness (QED) is 0.643. The van der Waals surface area contributed by atoms with Gasteiger partial charge in [0.05, 0.1) is 21.3 Å². The Bertz CT molecular complexity index is 852. The molecule has 2 aromatic rings. The second-order valence-corrected chi connectivity index (χ2v) is 6.58. The summed E-state index contributed by atoms with van der Waals surface area (Å²) < 4.78 is 30.0. The van der Waals surface area contributed by atoms with Gasteiger partial charge in [-0.15, -0.1) is 0 Å². The molecule has 148 valence electrons. The molecule has 1 fully saturated rings. The number of carbonyl (C=O) groups is 1. The number of amides is 1. The molecule has 0 spiro atoms. The van der Waals surface area contributed by atoms with Crippen molar-refractivity contribution in [3.63, 3.8) is 0 Å². The van der Waals surface area contributed by atoms with Crippen LogP contribution in [0.2, 0.25) is 0 Å². The lowest BCUT2D eigenvalue weighted by molar-refractivity contribution is -0.127. The van der Waals surface area contributed by atoms with Gasteiger partial charge in [-0.1, -0.05) is 18.2 Å². The summed E-state index contributed by atoms with van der Waals surface area (Å²) in [6.45, 7) is 0.260. The SMILES string of the molecule is COc1cc(/C=C/C(=O)N(Cc2ccccc2F)C2CC2)cc(OC)c1OC. The van der Waals surface area contributed by atoms with Crippen LogP contribution in [0.1, 0.15) is 24.0 Å². The van der Waals surface area contributed by atoms with E-state index in [0.717, 1.165) is 18.4 Å². The van der Waals surface area contributed by atoms with Crippen LogP contribution in [0.3, 0.4) is 0 Å². The van der Waals surface area contributed by atoms with Gasteiger partial charge in [-0.2, -0.15) is 0 Å². The lowest BCUT2D eigenvalue weighted by Gasteiger charge is -2.21. The lowest BCUT2D eigenvalue weighted by atomic mass is 10.1. The number of ether oxygens (including phenoxy) is 3. The molecule has 0 unspecified atom stereocenters. The minimum Gasteiger partial charge on any atom is -0.493 e. The number of halogens is 1. The number of nitrogens with zero attached hydrogens (tertiary/aromatic N) is 1. The van der Waals surface area contributed by atoms with Crippen LogP contribution in [0.4, 0.5) is 4.39 Å². The molecule has 1 saturated carbocycles. The van der Waals surface area contributed by atoms with Gasteiger partial charge in [0.15, 0.2) is 11.5 Å². The van der Waals surface area contributed by atoms with E-state index in [0.29, 0.717) is 22.8 Å². The highest BCUT2D eigenvalue weighted by molar-refractivity contribution is 5.92. The van der Waals surface area contributed by atoms with Crippen molar-refractivity contribution in [2.75, 3.05) is 21.3 Å². The van der Waals surface area contributed by atoms with Crippen LogP contribution in [0.15, 0.2) is 42.5 Å². The Morgan fingerprint density at radius 2 is 1.75 bits per heavy atom. The maximum absolute atomic E-state index is 14.0. The van der Waals surface area contributed by atoms with Gasteiger partial charge in [0.1, 0.15) is 5.82 Å². The van der Waals surface area contributed by atoms with Crippen molar-refractivity contribution >= 4 is 12.0 Å². The molecular formula is C22H24FNO4. The zero-order chi connectivity index (χ0) is 20.1. The van der Waals surface area contributed by atoms with Crippen LogP contribution < -0.4 is 14.2 Å². The molecule has 0 aliphatic heterocycles. The Balaban J connectivity index is 1.80. The van der Waals surface area contributed by atoms with Gasteiger partial charge in [0, 0.05) is 24.2 Å². The third kappa shape index (κ3) is 4.44. The van der Waals surface area contributed by atoms with Crippen LogP contribution >= 0.6 is 0 Å². The smallest absolute Gasteiger partial charge is 0.247 e. The first-order valence-electron chi connectivity index (χ1n) is 9.09. The van der Waals surface area contributed by atoms with Gasteiger partial charge in [-0.3, -0.25) is 4.79 Å². The van der Waals surface area contributed by atoms with E-state index in [2.05, 4.69) is 0 Å². The first kappa shape index (κ1) is 19.7. The number of carbonyl (C=O) groups excluding carboxylic acids is 1. The molecule has 0 bridgehead atoms. The van der Waals surface area contributed by atoms with Gasteiger partial charge < -0.3 is 19.1 Å². The zero-order valence-electron chi connectivity index (χ0n) is 16.3. The monoisotopic (exact) mass is 385 g/mol. The highest BCUT2D eigenvalue weighted by Crippen LogP contribution is 2.38. The standard InChI is InChI=1S/C22H24FNO4/c1-26-19-12-15(13-20(27-2)22(19)28-3)8-11-21(25)24(17-9-10-17)14-16-6-4-5-7-18(16)23/h4-8,11-13,17H,9-10,14H2,1-3H3/b11-8+.